The molecule has 7 heteroatoms. The molecule has 0 aliphatic heterocycles. The number of nitrogens with one attached hydrogen (secondary N) is 1. The molecule has 1 heterocycles. The lowest BCUT2D eigenvalue weighted by Crippen LogP contribution is -2.25. The predicted octanol–water partition coefficient (Wildman–Crippen LogP) is 2.05. The highest BCUT2D eigenvalue weighted by molar-refractivity contribution is 7.89. The number of hydrogen-bond acceptors (Lipinski definition) is 4. The Bertz CT molecular complexity index is 942. The van der Waals surface area contributed by atoms with Crippen molar-refractivity contribution in [1.82, 2.24) is 5.32 Å². The van der Waals surface area contributed by atoms with E-state index in [0.717, 1.165) is 10.9 Å². The Hall–Kier alpha value is -2.64. The van der Waals surface area contributed by atoms with Crippen molar-refractivity contribution in [3.63, 3.8) is 0 Å². The van der Waals surface area contributed by atoms with Gasteiger partial charge in [-0.1, -0.05) is 30.3 Å². The van der Waals surface area contributed by atoms with Gasteiger partial charge in [0.05, 0.1) is 4.90 Å². The number of furan rings is 1. The van der Waals surface area contributed by atoms with Gasteiger partial charge in [-0.3, -0.25) is 4.79 Å². The van der Waals surface area contributed by atoms with Crippen molar-refractivity contribution in [1.29, 1.82) is 0 Å². The number of fused-ring (bicyclic) bond motifs is 1. The van der Waals surface area contributed by atoms with Gasteiger partial charge in [0.15, 0.2) is 5.76 Å². The number of carbonyl (C=O) groups is 1. The molecule has 0 fully saturated rings. The second-order valence-corrected chi connectivity index (χ2v) is 6.90. The Kier molecular flexibility index (Phi) is 4.37. The summed E-state index contributed by atoms with van der Waals surface area (Å²) >= 11 is 0. The molecule has 0 saturated heterocycles. The quantitative estimate of drug-likeness (QED) is 0.739. The maximum absolute atomic E-state index is 12.1. The lowest BCUT2D eigenvalue weighted by atomic mass is 10.1. The summed E-state index contributed by atoms with van der Waals surface area (Å²) in [4.78, 5) is 12.2. The van der Waals surface area contributed by atoms with Crippen LogP contribution in [-0.2, 0) is 16.4 Å². The fourth-order valence-corrected chi connectivity index (χ4v) is 2.86. The zero-order valence-corrected chi connectivity index (χ0v) is 13.5. The van der Waals surface area contributed by atoms with Crippen LogP contribution in [0.3, 0.4) is 0 Å². The van der Waals surface area contributed by atoms with Crippen LogP contribution < -0.4 is 10.5 Å². The van der Waals surface area contributed by atoms with E-state index < -0.39 is 10.0 Å². The van der Waals surface area contributed by atoms with Gasteiger partial charge in [-0.15, -0.1) is 0 Å². The monoisotopic (exact) mass is 344 g/mol. The number of primary sulfonamides is 1. The SMILES string of the molecule is NS(=O)(=O)c1ccc(CCNC(=O)c2cc3ccccc3o2)cc1. The van der Waals surface area contributed by atoms with E-state index in [1.807, 2.05) is 18.2 Å². The van der Waals surface area contributed by atoms with Crippen molar-refractivity contribution in [2.45, 2.75) is 11.3 Å². The zero-order valence-electron chi connectivity index (χ0n) is 12.7. The molecule has 3 N–H and O–H groups in total. The van der Waals surface area contributed by atoms with E-state index >= 15 is 0 Å². The number of para-hydroxylation sites is 1. The smallest absolute Gasteiger partial charge is 0.287 e. The maximum atomic E-state index is 12.1. The Morgan fingerprint density at radius 3 is 2.46 bits per heavy atom. The number of sulfonamides is 1. The second kappa shape index (κ2) is 6.46. The van der Waals surface area contributed by atoms with Crippen molar-refractivity contribution < 1.29 is 17.6 Å². The summed E-state index contributed by atoms with van der Waals surface area (Å²) in [6.45, 7) is 0.407. The first-order valence-corrected chi connectivity index (χ1v) is 8.87. The second-order valence-electron chi connectivity index (χ2n) is 5.34. The first kappa shape index (κ1) is 16.2. The van der Waals surface area contributed by atoms with Crippen molar-refractivity contribution in [3.05, 3.63) is 65.9 Å². The van der Waals surface area contributed by atoms with E-state index in [4.69, 9.17) is 9.56 Å². The third-order valence-corrected chi connectivity index (χ3v) is 4.53. The lowest BCUT2D eigenvalue weighted by molar-refractivity contribution is 0.0928. The standard InChI is InChI=1S/C17H16N2O4S/c18-24(21,22)14-7-5-12(6-8-14)9-10-19-17(20)16-11-13-3-1-2-4-15(13)23-16/h1-8,11H,9-10H2,(H,19,20)(H2,18,21,22). The highest BCUT2D eigenvalue weighted by Crippen LogP contribution is 2.18. The van der Waals surface area contributed by atoms with Gasteiger partial charge in [0.25, 0.3) is 5.91 Å². The van der Waals surface area contributed by atoms with Crippen molar-refractivity contribution in [3.8, 4) is 0 Å². The summed E-state index contributed by atoms with van der Waals surface area (Å²) in [7, 11) is -3.68. The number of amides is 1. The zero-order chi connectivity index (χ0) is 17.2. The van der Waals surface area contributed by atoms with Crippen molar-refractivity contribution in [2.75, 3.05) is 6.54 Å². The summed E-state index contributed by atoms with van der Waals surface area (Å²) < 4.78 is 27.9. The van der Waals surface area contributed by atoms with Crippen LogP contribution >= 0.6 is 0 Å². The van der Waals surface area contributed by atoms with Gasteiger partial charge in [-0.05, 0) is 36.2 Å². The predicted molar refractivity (Wildman–Crippen MR) is 90.1 cm³/mol. The molecule has 0 unspecified atom stereocenters. The van der Waals surface area contributed by atoms with E-state index in [9.17, 15) is 13.2 Å². The van der Waals surface area contributed by atoms with Gasteiger partial charge in [0.2, 0.25) is 10.0 Å². The van der Waals surface area contributed by atoms with E-state index in [-0.39, 0.29) is 16.6 Å². The van der Waals surface area contributed by atoms with Gasteiger partial charge in [0.1, 0.15) is 5.58 Å². The number of hydrogen-bond donors (Lipinski definition) is 2. The molecule has 3 aromatic rings. The van der Waals surface area contributed by atoms with Gasteiger partial charge in [-0.25, -0.2) is 13.6 Å². The van der Waals surface area contributed by atoms with Gasteiger partial charge in [0, 0.05) is 11.9 Å². The molecule has 3 rings (SSSR count). The Labute approximate surface area is 139 Å². The van der Waals surface area contributed by atoms with Crippen LogP contribution in [0, 0.1) is 0 Å². The summed E-state index contributed by atoms with van der Waals surface area (Å²) in [5.41, 5.74) is 1.56. The molecule has 0 bridgehead atoms. The van der Waals surface area contributed by atoms with Crippen LogP contribution in [-0.4, -0.2) is 20.9 Å². The van der Waals surface area contributed by atoms with Gasteiger partial charge in [-0.2, -0.15) is 0 Å². The molecule has 1 amide bonds. The van der Waals surface area contributed by atoms with Crippen molar-refractivity contribution >= 4 is 26.9 Å². The molecule has 0 aliphatic carbocycles. The number of rotatable bonds is 5. The average molecular weight is 344 g/mol. The van der Waals surface area contributed by atoms with Crippen LogP contribution in [0.5, 0.6) is 0 Å². The van der Waals surface area contributed by atoms with Gasteiger partial charge < -0.3 is 9.73 Å². The summed E-state index contributed by atoms with van der Waals surface area (Å²) in [6, 6.07) is 15.4. The number of nitrogens with two attached hydrogens (primary N) is 1. The minimum atomic E-state index is -3.68. The molecule has 0 radical (unpaired) electrons. The third kappa shape index (κ3) is 3.64. The molecule has 124 valence electrons. The normalized spacial score (nSPS) is 11.5. The maximum Gasteiger partial charge on any atom is 0.287 e. The first-order chi connectivity index (χ1) is 11.4. The fraction of sp³-hybridized carbons (Fsp3) is 0.118. The average Bonchev–Trinajstić information content (AvgIpc) is 2.98. The Balaban J connectivity index is 1.58. The van der Waals surface area contributed by atoms with E-state index in [2.05, 4.69) is 5.32 Å². The molecular formula is C17H16N2O4S. The molecule has 24 heavy (non-hydrogen) atoms. The Morgan fingerprint density at radius 2 is 1.79 bits per heavy atom. The number of benzene rings is 2. The van der Waals surface area contributed by atoms with Crippen LogP contribution in [0.1, 0.15) is 16.1 Å². The fourth-order valence-electron chi connectivity index (χ4n) is 2.35. The van der Waals surface area contributed by atoms with E-state index in [1.54, 1.807) is 24.3 Å². The topological polar surface area (TPSA) is 102 Å². The number of carbonyl (C=O) groups excluding carboxylic acids is 1. The van der Waals surface area contributed by atoms with Crippen LogP contribution in [0.25, 0.3) is 11.0 Å². The largest absolute Gasteiger partial charge is 0.451 e. The molecule has 0 saturated carbocycles. The summed E-state index contributed by atoms with van der Waals surface area (Å²) in [5, 5.41) is 8.70. The molecule has 6 nitrogen and oxygen atoms in total. The van der Waals surface area contributed by atoms with Crippen molar-refractivity contribution in [2.24, 2.45) is 5.14 Å². The van der Waals surface area contributed by atoms with Crippen LogP contribution in [0.15, 0.2) is 63.9 Å². The van der Waals surface area contributed by atoms with E-state index in [0.29, 0.717) is 18.5 Å². The minimum absolute atomic E-state index is 0.0672. The third-order valence-electron chi connectivity index (χ3n) is 3.60. The molecule has 2 aromatic carbocycles. The first-order valence-electron chi connectivity index (χ1n) is 7.32. The molecule has 0 aliphatic rings. The van der Waals surface area contributed by atoms with Gasteiger partial charge >= 0.3 is 0 Å². The lowest BCUT2D eigenvalue weighted by Gasteiger charge is -2.04. The summed E-state index contributed by atoms with van der Waals surface area (Å²) in [6.07, 6.45) is 0.566. The van der Waals surface area contributed by atoms with Crippen LogP contribution in [0.4, 0.5) is 0 Å². The minimum Gasteiger partial charge on any atom is -0.451 e. The Morgan fingerprint density at radius 1 is 1.08 bits per heavy atom. The molecule has 0 atom stereocenters. The molecule has 0 spiro atoms. The highest BCUT2D eigenvalue weighted by Gasteiger charge is 2.11. The summed E-state index contributed by atoms with van der Waals surface area (Å²) in [5.74, 6) is -0.0203. The molecule has 1 aromatic heterocycles. The molecular weight excluding hydrogens is 328 g/mol. The van der Waals surface area contributed by atoms with E-state index in [1.165, 1.54) is 12.1 Å². The van der Waals surface area contributed by atoms with Crippen LogP contribution in [0.2, 0.25) is 0 Å². The highest BCUT2D eigenvalue weighted by atomic mass is 32.2.